The topological polar surface area (TPSA) is 77.5 Å². The van der Waals surface area contributed by atoms with Gasteiger partial charge in [-0.3, -0.25) is 19.2 Å². The number of ketones is 3. The molecule has 0 fully saturated rings. The summed E-state index contributed by atoms with van der Waals surface area (Å²) in [5.74, 6) is -0.324. The van der Waals surface area contributed by atoms with E-state index >= 15 is 0 Å². The molecule has 208 valence electrons. The van der Waals surface area contributed by atoms with Gasteiger partial charge in [0.15, 0.2) is 17.3 Å². The van der Waals surface area contributed by atoms with E-state index in [-0.39, 0.29) is 35.3 Å². The molecule has 3 unspecified atom stereocenters. The SMILES string of the molecule is CC(=O)C1=C(C)CC2(C)CC3(C)Cc4c(CC(=O)Oc5ccc(C)cc5)ccc(C)c4C(=O)C3=C(C)C2(C)C1=O. The summed E-state index contributed by atoms with van der Waals surface area (Å²) in [4.78, 5) is 53.9. The van der Waals surface area contributed by atoms with Crippen molar-refractivity contribution in [3.05, 3.63) is 86.5 Å². The van der Waals surface area contributed by atoms with E-state index in [2.05, 4.69) is 13.8 Å². The molecule has 0 saturated carbocycles. The highest BCUT2D eigenvalue weighted by Gasteiger charge is 2.63. The standard InChI is InChI=1S/C35H38O5/c1-19-9-13-25(14-10-19)40-27(37)15-24-12-11-20(2)29-26(24)17-33(6)18-34(7)16-21(3)28(23(5)36)32(39)35(34,8)22(4)30(33)31(29)38/h9-14H,15-18H2,1-8H3. The average Bonchev–Trinajstić information content (AvgIpc) is 2.84. The number of fused-ring (bicyclic) bond motifs is 3. The number of carbonyl (C=O) groups is 4. The largest absolute Gasteiger partial charge is 0.426 e. The number of benzene rings is 2. The van der Waals surface area contributed by atoms with E-state index in [4.69, 9.17) is 4.74 Å². The Hall–Kier alpha value is -3.60. The maximum atomic E-state index is 14.4. The predicted octanol–water partition coefficient (Wildman–Crippen LogP) is 6.81. The Balaban J connectivity index is 1.60. The summed E-state index contributed by atoms with van der Waals surface area (Å²) in [7, 11) is 0. The number of hydrogen-bond acceptors (Lipinski definition) is 5. The van der Waals surface area contributed by atoms with Crippen LogP contribution in [0.3, 0.4) is 0 Å². The minimum atomic E-state index is -0.946. The van der Waals surface area contributed by atoms with Gasteiger partial charge in [-0.15, -0.1) is 0 Å². The fourth-order valence-electron chi connectivity index (χ4n) is 8.07. The van der Waals surface area contributed by atoms with Gasteiger partial charge in [-0.25, -0.2) is 0 Å². The van der Waals surface area contributed by atoms with Gasteiger partial charge < -0.3 is 4.74 Å². The van der Waals surface area contributed by atoms with Gasteiger partial charge in [-0.05, 0) is 95.0 Å². The molecule has 2 aromatic rings. The Labute approximate surface area is 236 Å². The summed E-state index contributed by atoms with van der Waals surface area (Å²) in [6.45, 7) is 15.3. The number of Topliss-reactive ketones (excluding diaryl/α,β-unsaturated/α-hetero) is 3. The number of ether oxygens (including phenoxy) is 1. The molecule has 0 aromatic heterocycles. The number of aryl methyl sites for hydroxylation is 2. The zero-order chi connectivity index (χ0) is 29.4. The van der Waals surface area contributed by atoms with Crippen molar-refractivity contribution in [3.63, 3.8) is 0 Å². The van der Waals surface area contributed by atoms with Crippen LogP contribution in [0.2, 0.25) is 0 Å². The lowest BCUT2D eigenvalue weighted by molar-refractivity contribution is -0.135. The number of esters is 1. The minimum Gasteiger partial charge on any atom is -0.426 e. The molecule has 0 radical (unpaired) electrons. The third kappa shape index (κ3) is 3.96. The zero-order valence-electron chi connectivity index (χ0n) is 24.8. The number of hydrogen-bond donors (Lipinski definition) is 0. The van der Waals surface area contributed by atoms with Gasteiger partial charge in [0, 0.05) is 16.6 Å². The maximum Gasteiger partial charge on any atom is 0.315 e. The molecule has 0 spiro atoms. The Kier molecular flexibility index (Phi) is 6.44. The highest BCUT2D eigenvalue weighted by molar-refractivity contribution is 6.24. The van der Waals surface area contributed by atoms with E-state index in [1.807, 2.05) is 58.9 Å². The molecule has 2 aromatic carbocycles. The fraction of sp³-hybridized carbons (Fsp3) is 0.429. The van der Waals surface area contributed by atoms with E-state index in [9.17, 15) is 19.2 Å². The van der Waals surface area contributed by atoms with Crippen LogP contribution in [-0.2, 0) is 27.2 Å². The molecule has 0 saturated heterocycles. The summed E-state index contributed by atoms with van der Waals surface area (Å²) >= 11 is 0. The van der Waals surface area contributed by atoms with Crippen LogP contribution < -0.4 is 4.74 Å². The zero-order valence-corrected chi connectivity index (χ0v) is 24.8. The van der Waals surface area contributed by atoms with E-state index in [0.717, 1.165) is 33.4 Å². The molecule has 5 rings (SSSR count). The van der Waals surface area contributed by atoms with Gasteiger partial charge in [0.05, 0.1) is 17.4 Å². The second-order valence-corrected chi connectivity index (χ2v) is 13.0. The lowest BCUT2D eigenvalue weighted by atomic mass is 9.42. The van der Waals surface area contributed by atoms with Crippen molar-refractivity contribution in [2.24, 2.45) is 16.2 Å². The van der Waals surface area contributed by atoms with Gasteiger partial charge in [0.2, 0.25) is 0 Å². The van der Waals surface area contributed by atoms with Crippen LogP contribution in [0.15, 0.2) is 58.7 Å². The van der Waals surface area contributed by atoms with Crippen LogP contribution in [0.4, 0.5) is 0 Å². The third-order valence-electron chi connectivity index (χ3n) is 10.1. The molecule has 40 heavy (non-hydrogen) atoms. The second-order valence-electron chi connectivity index (χ2n) is 13.0. The van der Waals surface area contributed by atoms with Crippen molar-refractivity contribution < 1.29 is 23.9 Å². The smallest absolute Gasteiger partial charge is 0.315 e. The molecular formula is C35H38O5. The molecule has 3 atom stereocenters. The minimum absolute atomic E-state index is 0.0646. The monoisotopic (exact) mass is 538 g/mol. The van der Waals surface area contributed by atoms with Gasteiger partial charge >= 0.3 is 5.97 Å². The Bertz CT molecular complexity index is 1570. The third-order valence-corrected chi connectivity index (χ3v) is 10.1. The lowest BCUT2D eigenvalue weighted by Crippen LogP contribution is -2.57. The first-order chi connectivity index (χ1) is 18.6. The van der Waals surface area contributed by atoms with Crippen LogP contribution in [0.25, 0.3) is 0 Å². The van der Waals surface area contributed by atoms with Crippen LogP contribution in [0.1, 0.15) is 87.0 Å². The van der Waals surface area contributed by atoms with Crippen molar-refractivity contribution in [3.8, 4) is 5.75 Å². The van der Waals surface area contributed by atoms with Crippen LogP contribution in [0, 0.1) is 30.1 Å². The highest BCUT2D eigenvalue weighted by atomic mass is 16.5. The van der Waals surface area contributed by atoms with Crippen molar-refractivity contribution in [2.45, 2.75) is 81.1 Å². The van der Waals surface area contributed by atoms with Crippen LogP contribution >= 0.6 is 0 Å². The number of allylic oxidation sites excluding steroid dienone is 4. The van der Waals surface area contributed by atoms with Crippen molar-refractivity contribution in [2.75, 3.05) is 0 Å². The molecule has 0 N–H and O–H groups in total. The normalized spacial score (nSPS) is 27.7. The Morgan fingerprint density at radius 3 is 2.17 bits per heavy atom. The molecular weight excluding hydrogens is 500 g/mol. The predicted molar refractivity (Wildman–Crippen MR) is 154 cm³/mol. The summed E-state index contributed by atoms with van der Waals surface area (Å²) in [5, 5.41) is 0. The molecule has 0 heterocycles. The average molecular weight is 539 g/mol. The van der Waals surface area contributed by atoms with Crippen LogP contribution in [-0.4, -0.2) is 23.3 Å². The van der Waals surface area contributed by atoms with Crippen molar-refractivity contribution in [1.29, 1.82) is 0 Å². The summed E-state index contributed by atoms with van der Waals surface area (Å²) < 4.78 is 5.62. The van der Waals surface area contributed by atoms with Gasteiger partial charge in [-0.2, -0.15) is 0 Å². The lowest BCUT2D eigenvalue weighted by Gasteiger charge is -2.59. The second kappa shape index (κ2) is 9.22. The quantitative estimate of drug-likeness (QED) is 0.243. The maximum absolute atomic E-state index is 14.4. The molecule has 3 aliphatic carbocycles. The van der Waals surface area contributed by atoms with Gasteiger partial charge in [-0.1, -0.05) is 54.8 Å². The molecule has 3 aliphatic rings. The van der Waals surface area contributed by atoms with Gasteiger partial charge in [0.1, 0.15) is 5.75 Å². The van der Waals surface area contributed by atoms with E-state index in [1.54, 1.807) is 12.1 Å². The number of carbonyl (C=O) groups excluding carboxylic acids is 4. The molecule has 5 heteroatoms. The first-order valence-corrected chi connectivity index (χ1v) is 14.0. The molecule has 5 nitrogen and oxygen atoms in total. The van der Waals surface area contributed by atoms with E-state index in [1.165, 1.54) is 6.92 Å². The number of rotatable bonds is 4. The molecule has 0 bridgehead atoms. The first-order valence-electron chi connectivity index (χ1n) is 14.0. The summed E-state index contributed by atoms with van der Waals surface area (Å²) in [5.41, 5.74) is 4.94. The Morgan fingerprint density at radius 2 is 1.55 bits per heavy atom. The summed E-state index contributed by atoms with van der Waals surface area (Å²) in [6, 6.07) is 11.2. The van der Waals surface area contributed by atoms with Gasteiger partial charge in [0.25, 0.3) is 0 Å². The highest BCUT2D eigenvalue weighted by Crippen LogP contribution is 2.66. The first kappa shape index (κ1) is 27.9. The van der Waals surface area contributed by atoms with Crippen molar-refractivity contribution >= 4 is 23.3 Å². The van der Waals surface area contributed by atoms with Crippen molar-refractivity contribution in [1.82, 2.24) is 0 Å². The van der Waals surface area contributed by atoms with E-state index in [0.29, 0.717) is 36.1 Å². The summed E-state index contributed by atoms with van der Waals surface area (Å²) in [6.07, 6.45) is 1.91. The molecule has 0 aliphatic heterocycles. The van der Waals surface area contributed by atoms with E-state index < -0.39 is 16.2 Å². The fourth-order valence-corrected chi connectivity index (χ4v) is 8.07. The van der Waals surface area contributed by atoms with Crippen LogP contribution in [0.5, 0.6) is 5.75 Å². The Morgan fingerprint density at radius 1 is 0.900 bits per heavy atom. The molecule has 0 amide bonds.